The van der Waals surface area contributed by atoms with E-state index in [9.17, 15) is 4.79 Å². The fourth-order valence-electron chi connectivity index (χ4n) is 3.55. The summed E-state index contributed by atoms with van der Waals surface area (Å²) in [6, 6.07) is 18.3. The van der Waals surface area contributed by atoms with Gasteiger partial charge in [0.05, 0.1) is 19.7 Å². The Labute approximate surface area is 202 Å². The summed E-state index contributed by atoms with van der Waals surface area (Å²) in [7, 11) is 0. The predicted octanol–water partition coefficient (Wildman–Crippen LogP) is 3.66. The van der Waals surface area contributed by atoms with Gasteiger partial charge in [0.25, 0.3) is 0 Å². The number of morpholine rings is 1. The summed E-state index contributed by atoms with van der Waals surface area (Å²) in [5, 5.41) is 6.32. The number of carbonyl (C=O) groups is 1. The molecule has 0 bridgehead atoms. The van der Waals surface area contributed by atoms with Crippen molar-refractivity contribution in [3.05, 3.63) is 71.3 Å². The van der Waals surface area contributed by atoms with Crippen molar-refractivity contribution in [1.29, 1.82) is 0 Å². The number of nitrogens with zero attached hydrogens (tertiary/aromatic N) is 2. The molecule has 7 heteroatoms. The second-order valence-corrected chi connectivity index (χ2v) is 7.41. The molecule has 0 aliphatic carbocycles. The van der Waals surface area contributed by atoms with Crippen molar-refractivity contribution in [1.82, 2.24) is 15.5 Å². The van der Waals surface area contributed by atoms with Crippen LogP contribution < -0.4 is 10.6 Å². The lowest BCUT2D eigenvalue weighted by Crippen LogP contribution is -2.48. The van der Waals surface area contributed by atoms with Crippen molar-refractivity contribution in [3.8, 4) is 0 Å². The Morgan fingerprint density at radius 3 is 2.61 bits per heavy atom. The molecule has 1 heterocycles. The van der Waals surface area contributed by atoms with Gasteiger partial charge in [-0.2, -0.15) is 0 Å². The lowest BCUT2D eigenvalue weighted by Gasteiger charge is -2.35. The van der Waals surface area contributed by atoms with E-state index in [1.165, 1.54) is 11.1 Å². The van der Waals surface area contributed by atoms with Gasteiger partial charge in [0.1, 0.15) is 6.10 Å². The highest BCUT2D eigenvalue weighted by Gasteiger charge is 2.25. The fourth-order valence-corrected chi connectivity index (χ4v) is 3.55. The van der Waals surface area contributed by atoms with Crippen LogP contribution in [0.3, 0.4) is 0 Å². The molecule has 1 saturated heterocycles. The van der Waals surface area contributed by atoms with Gasteiger partial charge in [-0.15, -0.1) is 24.0 Å². The number of benzene rings is 2. The predicted molar refractivity (Wildman–Crippen MR) is 136 cm³/mol. The zero-order valence-electron chi connectivity index (χ0n) is 18.3. The second kappa shape index (κ2) is 13.3. The molecule has 0 spiro atoms. The van der Waals surface area contributed by atoms with Crippen LogP contribution in [0.25, 0.3) is 0 Å². The van der Waals surface area contributed by atoms with Gasteiger partial charge in [0.2, 0.25) is 5.91 Å². The number of nitrogens with one attached hydrogen (secondary N) is 2. The number of aliphatic imine (C=N–C) groups is 1. The second-order valence-electron chi connectivity index (χ2n) is 7.41. The molecule has 3 rings (SSSR count). The third kappa shape index (κ3) is 7.81. The van der Waals surface area contributed by atoms with Crippen LogP contribution in [0.5, 0.6) is 0 Å². The lowest BCUT2D eigenvalue weighted by molar-refractivity contribution is -0.121. The molecule has 1 aliphatic rings. The zero-order valence-corrected chi connectivity index (χ0v) is 20.7. The van der Waals surface area contributed by atoms with Gasteiger partial charge in [-0.1, -0.05) is 54.6 Å². The number of amides is 1. The van der Waals surface area contributed by atoms with E-state index in [1.807, 2.05) is 36.4 Å². The molecular weight excluding hydrogens is 503 g/mol. The first-order valence-corrected chi connectivity index (χ1v) is 10.7. The van der Waals surface area contributed by atoms with Crippen molar-refractivity contribution in [2.45, 2.75) is 32.9 Å². The Kier molecular flexibility index (Phi) is 10.8. The smallest absolute Gasteiger partial charge is 0.222 e. The Morgan fingerprint density at radius 1 is 1.13 bits per heavy atom. The molecule has 1 aliphatic heterocycles. The van der Waals surface area contributed by atoms with E-state index in [1.54, 1.807) is 0 Å². The van der Waals surface area contributed by atoms with E-state index in [0.717, 1.165) is 31.2 Å². The first kappa shape index (κ1) is 25.1. The molecule has 1 atom stereocenters. The van der Waals surface area contributed by atoms with Gasteiger partial charge in [-0.05, 0) is 30.5 Å². The zero-order chi connectivity index (χ0) is 21.2. The summed E-state index contributed by atoms with van der Waals surface area (Å²) in [5.74, 6) is 0.855. The van der Waals surface area contributed by atoms with Crippen LogP contribution in [-0.2, 0) is 16.1 Å². The fraction of sp³-hybridized carbons (Fsp3) is 0.417. The molecule has 1 amide bonds. The van der Waals surface area contributed by atoms with Crippen LogP contribution in [-0.4, -0.2) is 49.6 Å². The molecule has 1 fully saturated rings. The van der Waals surface area contributed by atoms with Crippen LogP contribution in [0.4, 0.5) is 0 Å². The highest BCUT2D eigenvalue weighted by Crippen LogP contribution is 2.24. The van der Waals surface area contributed by atoms with Crippen LogP contribution in [0.15, 0.2) is 59.6 Å². The normalized spacial score (nSPS) is 16.4. The molecular formula is C24H33IN4O2. The minimum atomic E-state index is 0. The highest BCUT2D eigenvalue weighted by molar-refractivity contribution is 14.0. The quantitative estimate of drug-likeness (QED) is 0.322. The summed E-state index contributed by atoms with van der Waals surface area (Å²) in [6.07, 6.45) is 0.394. The van der Waals surface area contributed by atoms with E-state index in [0.29, 0.717) is 26.1 Å². The molecule has 0 radical (unpaired) electrons. The molecule has 0 saturated carbocycles. The first-order chi connectivity index (χ1) is 14.7. The maximum absolute atomic E-state index is 12.2. The maximum Gasteiger partial charge on any atom is 0.222 e. The number of carbonyl (C=O) groups excluding carboxylic acids is 1. The van der Waals surface area contributed by atoms with Gasteiger partial charge in [0.15, 0.2) is 5.96 Å². The molecule has 2 aromatic carbocycles. The van der Waals surface area contributed by atoms with Crippen molar-refractivity contribution < 1.29 is 9.53 Å². The highest BCUT2D eigenvalue weighted by atomic mass is 127. The summed E-state index contributed by atoms with van der Waals surface area (Å²) < 4.78 is 6.03. The third-order valence-electron chi connectivity index (χ3n) is 5.17. The minimum Gasteiger partial charge on any atom is -0.370 e. The summed E-state index contributed by atoms with van der Waals surface area (Å²) in [4.78, 5) is 19.1. The summed E-state index contributed by atoms with van der Waals surface area (Å²) in [6.45, 7) is 8.14. The largest absolute Gasteiger partial charge is 0.370 e. The molecule has 168 valence electrons. The lowest BCUT2D eigenvalue weighted by atomic mass is 10.0. The van der Waals surface area contributed by atoms with Crippen LogP contribution in [0, 0.1) is 6.92 Å². The Hall–Kier alpha value is -2.13. The summed E-state index contributed by atoms with van der Waals surface area (Å²) >= 11 is 0. The standard InChI is InChI=1S/C24H32N4O2.HI/c1-3-25-24(26-14-13-23(29)27-17-20-10-5-4-6-11-20)28-15-16-30-22(18-28)21-12-8-7-9-19(21)2;/h4-12,22H,3,13-18H2,1-2H3,(H,25,26)(H,27,29);1H. The van der Waals surface area contributed by atoms with E-state index in [2.05, 4.69) is 47.6 Å². The Bertz CT molecular complexity index is 844. The van der Waals surface area contributed by atoms with Gasteiger partial charge in [0, 0.05) is 26.1 Å². The number of guanidine groups is 1. The molecule has 2 N–H and O–H groups in total. The van der Waals surface area contributed by atoms with Crippen molar-refractivity contribution in [2.24, 2.45) is 4.99 Å². The Morgan fingerprint density at radius 2 is 1.87 bits per heavy atom. The van der Waals surface area contributed by atoms with E-state index in [4.69, 9.17) is 9.73 Å². The van der Waals surface area contributed by atoms with E-state index < -0.39 is 0 Å². The number of halogens is 1. The first-order valence-electron chi connectivity index (χ1n) is 10.7. The van der Waals surface area contributed by atoms with E-state index >= 15 is 0 Å². The van der Waals surface area contributed by atoms with E-state index in [-0.39, 0.29) is 36.0 Å². The van der Waals surface area contributed by atoms with Gasteiger partial charge in [-0.3, -0.25) is 9.79 Å². The SMILES string of the molecule is CCNC(=NCCC(=O)NCc1ccccc1)N1CCOC(c2ccccc2C)C1.I. The number of aryl methyl sites for hydroxylation is 1. The molecule has 31 heavy (non-hydrogen) atoms. The van der Waals surface area contributed by atoms with Crippen molar-refractivity contribution in [2.75, 3.05) is 32.8 Å². The monoisotopic (exact) mass is 536 g/mol. The minimum absolute atomic E-state index is 0. The van der Waals surface area contributed by atoms with Gasteiger partial charge in [-0.25, -0.2) is 0 Å². The van der Waals surface area contributed by atoms with Crippen molar-refractivity contribution in [3.63, 3.8) is 0 Å². The van der Waals surface area contributed by atoms with Crippen molar-refractivity contribution >= 4 is 35.8 Å². The average Bonchev–Trinajstić information content (AvgIpc) is 2.78. The molecule has 0 aromatic heterocycles. The van der Waals surface area contributed by atoms with Gasteiger partial charge < -0.3 is 20.3 Å². The number of ether oxygens (including phenoxy) is 1. The molecule has 6 nitrogen and oxygen atoms in total. The van der Waals surface area contributed by atoms with Crippen LogP contribution >= 0.6 is 24.0 Å². The number of hydrogen-bond donors (Lipinski definition) is 2. The van der Waals surface area contributed by atoms with Crippen LogP contribution in [0.1, 0.15) is 36.1 Å². The molecule has 2 aromatic rings. The average molecular weight is 536 g/mol. The molecule has 1 unspecified atom stereocenters. The maximum atomic E-state index is 12.2. The third-order valence-corrected chi connectivity index (χ3v) is 5.17. The topological polar surface area (TPSA) is 66.0 Å². The summed E-state index contributed by atoms with van der Waals surface area (Å²) in [5.41, 5.74) is 3.55. The number of hydrogen-bond acceptors (Lipinski definition) is 3. The Balaban J connectivity index is 0.00000341. The van der Waals surface area contributed by atoms with Crippen LogP contribution in [0.2, 0.25) is 0 Å². The van der Waals surface area contributed by atoms with Gasteiger partial charge >= 0.3 is 0 Å². The number of rotatable bonds is 7.